The number of carbonyl (C=O) groups excluding carboxylic acids is 1. The summed E-state index contributed by atoms with van der Waals surface area (Å²) in [7, 11) is -3.22. The van der Waals surface area contributed by atoms with Gasteiger partial charge in [0.2, 0.25) is 0 Å². The van der Waals surface area contributed by atoms with E-state index in [1.165, 1.54) is 5.38 Å². The molecule has 1 aromatic heterocycles. The predicted molar refractivity (Wildman–Crippen MR) is 72.3 cm³/mol. The molecule has 1 fully saturated rings. The minimum atomic E-state index is -3.22. The summed E-state index contributed by atoms with van der Waals surface area (Å²) in [6, 6.07) is -0.633. The van der Waals surface area contributed by atoms with Crippen molar-refractivity contribution in [2.24, 2.45) is 0 Å². The van der Waals surface area contributed by atoms with Crippen molar-refractivity contribution in [2.75, 3.05) is 23.8 Å². The lowest BCUT2D eigenvalue weighted by Gasteiger charge is -2.25. The van der Waals surface area contributed by atoms with E-state index in [-0.39, 0.29) is 28.8 Å². The summed E-state index contributed by atoms with van der Waals surface area (Å²) in [5.74, 6) is -2.07. The van der Waals surface area contributed by atoms with Crippen LogP contribution in [-0.2, 0) is 14.6 Å². The minimum Gasteiger partial charge on any atom is -0.480 e. The van der Waals surface area contributed by atoms with Crippen LogP contribution >= 0.6 is 11.3 Å². The summed E-state index contributed by atoms with van der Waals surface area (Å²) in [4.78, 5) is 28.0. The minimum absolute atomic E-state index is 0.0399. The number of nitrogen functional groups attached to an aromatic ring is 1. The first-order valence-corrected chi connectivity index (χ1v) is 8.43. The number of carboxylic acids is 1. The lowest BCUT2D eigenvalue weighted by atomic mass is 10.2. The van der Waals surface area contributed by atoms with E-state index >= 15 is 0 Å². The standard InChI is InChI=1S/C10H13N3O5S2/c11-10-12-7(4-19-10)9(16)13(3-8(14)15)6-1-2-20(17,18)5-6/h4,6H,1-3,5H2,(H2,11,12)(H,14,15). The second kappa shape index (κ2) is 5.37. The van der Waals surface area contributed by atoms with Crippen molar-refractivity contribution in [2.45, 2.75) is 12.5 Å². The van der Waals surface area contributed by atoms with Crippen LogP contribution in [0.4, 0.5) is 5.13 Å². The Morgan fingerprint density at radius 1 is 1.55 bits per heavy atom. The molecule has 1 saturated heterocycles. The fraction of sp³-hybridized carbons (Fsp3) is 0.500. The molecular weight excluding hydrogens is 306 g/mol. The van der Waals surface area contributed by atoms with Gasteiger partial charge in [-0.2, -0.15) is 0 Å². The molecule has 0 saturated carbocycles. The van der Waals surface area contributed by atoms with Gasteiger partial charge in [0.15, 0.2) is 15.0 Å². The second-order valence-corrected chi connectivity index (χ2v) is 7.57. The van der Waals surface area contributed by atoms with Gasteiger partial charge >= 0.3 is 5.97 Å². The van der Waals surface area contributed by atoms with E-state index in [1.54, 1.807) is 0 Å². The van der Waals surface area contributed by atoms with Crippen LogP contribution < -0.4 is 5.73 Å². The third kappa shape index (κ3) is 3.25. The second-order valence-electron chi connectivity index (χ2n) is 4.45. The number of hydrogen-bond acceptors (Lipinski definition) is 7. The van der Waals surface area contributed by atoms with Crippen LogP contribution in [0, 0.1) is 0 Å². The molecule has 1 atom stereocenters. The molecule has 1 aliphatic heterocycles. The highest BCUT2D eigenvalue weighted by Gasteiger charge is 2.36. The molecule has 0 bridgehead atoms. The quantitative estimate of drug-likeness (QED) is 0.760. The van der Waals surface area contributed by atoms with E-state index < -0.39 is 34.3 Å². The summed E-state index contributed by atoms with van der Waals surface area (Å²) in [5.41, 5.74) is 5.48. The van der Waals surface area contributed by atoms with Crippen molar-refractivity contribution in [1.82, 2.24) is 9.88 Å². The molecule has 110 valence electrons. The number of thiazole rings is 1. The zero-order valence-corrected chi connectivity index (χ0v) is 12.0. The molecule has 1 aromatic rings. The lowest BCUT2D eigenvalue weighted by Crippen LogP contribution is -2.44. The maximum Gasteiger partial charge on any atom is 0.323 e. The van der Waals surface area contributed by atoms with E-state index in [0.29, 0.717) is 0 Å². The van der Waals surface area contributed by atoms with Crippen LogP contribution in [0.3, 0.4) is 0 Å². The Bertz CT molecular complexity index is 639. The van der Waals surface area contributed by atoms with Crippen LogP contribution in [0.15, 0.2) is 5.38 Å². The molecule has 1 unspecified atom stereocenters. The van der Waals surface area contributed by atoms with Crippen molar-refractivity contribution in [3.63, 3.8) is 0 Å². The molecule has 0 spiro atoms. The van der Waals surface area contributed by atoms with Gasteiger partial charge in [0.25, 0.3) is 5.91 Å². The Labute approximate surface area is 119 Å². The van der Waals surface area contributed by atoms with Crippen LogP contribution in [-0.4, -0.2) is 59.4 Å². The van der Waals surface area contributed by atoms with E-state index in [4.69, 9.17) is 10.8 Å². The van der Waals surface area contributed by atoms with Gasteiger partial charge in [-0.3, -0.25) is 9.59 Å². The van der Waals surface area contributed by atoms with Crippen molar-refractivity contribution in [1.29, 1.82) is 0 Å². The van der Waals surface area contributed by atoms with Crippen LogP contribution in [0.2, 0.25) is 0 Å². The highest BCUT2D eigenvalue weighted by atomic mass is 32.2. The molecule has 1 amide bonds. The van der Waals surface area contributed by atoms with Gasteiger partial charge in [0.05, 0.1) is 11.5 Å². The van der Waals surface area contributed by atoms with Crippen molar-refractivity contribution >= 4 is 38.2 Å². The number of nitrogens with two attached hydrogens (primary N) is 1. The number of nitrogens with zero attached hydrogens (tertiary/aromatic N) is 2. The van der Waals surface area contributed by atoms with Crippen molar-refractivity contribution in [3.05, 3.63) is 11.1 Å². The first kappa shape index (κ1) is 14.7. The number of carbonyl (C=O) groups is 2. The Morgan fingerprint density at radius 2 is 2.25 bits per heavy atom. The van der Waals surface area contributed by atoms with E-state index in [2.05, 4.69) is 4.98 Å². The zero-order chi connectivity index (χ0) is 14.9. The molecule has 2 rings (SSSR count). The maximum atomic E-state index is 12.2. The molecule has 3 N–H and O–H groups in total. The molecule has 1 aliphatic rings. The largest absolute Gasteiger partial charge is 0.480 e. The molecule has 2 heterocycles. The molecular formula is C10H13N3O5S2. The van der Waals surface area contributed by atoms with Gasteiger partial charge < -0.3 is 15.7 Å². The summed E-state index contributed by atoms with van der Waals surface area (Å²) >= 11 is 1.06. The van der Waals surface area contributed by atoms with E-state index in [1.807, 2.05) is 0 Å². The van der Waals surface area contributed by atoms with Crippen LogP contribution in [0.25, 0.3) is 0 Å². The topological polar surface area (TPSA) is 131 Å². The summed E-state index contributed by atoms with van der Waals surface area (Å²) in [5, 5.41) is 10.5. The molecule has 8 nitrogen and oxygen atoms in total. The lowest BCUT2D eigenvalue weighted by molar-refractivity contribution is -0.138. The first-order valence-electron chi connectivity index (χ1n) is 5.73. The number of hydrogen-bond donors (Lipinski definition) is 2. The van der Waals surface area contributed by atoms with Gasteiger partial charge in [-0.15, -0.1) is 11.3 Å². The Kier molecular flexibility index (Phi) is 3.95. The number of rotatable bonds is 4. The molecule has 0 radical (unpaired) electrons. The third-order valence-electron chi connectivity index (χ3n) is 2.96. The van der Waals surface area contributed by atoms with Gasteiger partial charge in [-0.1, -0.05) is 0 Å². The van der Waals surface area contributed by atoms with Crippen molar-refractivity contribution in [3.8, 4) is 0 Å². The fourth-order valence-electron chi connectivity index (χ4n) is 2.07. The third-order valence-corrected chi connectivity index (χ3v) is 5.38. The molecule has 10 heteroatoms. The zero-order valence-electron chi connectivity index (χ0n) is 10.4. The molecule has 20 heavy (non-hydrogen) atoms. The average Bonchev–Trinajstić information content (AvgIpc) is 2.91. The number of aromatic nitrogens is 1. The van der Waals surface area contributed by atoms with Gasteiger partial charge in [0.1, 0.15) is 12.2 Å². The summed E-state index contributed by atoms with van der Waals surface area (Å²) < 4.78 is 23.0. The molecule has 0 aliphatic carbocycles. The van der Waals surface area contributed by atoms with Gasteiger partial charge in [-0.25, -0.2) is 13.4 Å². The number of anilines is 1. The number of amides is 1. The highest BCUT2D eigenvalue weighted by Crippen LogP contribution is 2.21. The van der Waals surface area contributed by atoms with Crippen molar-refractivity contribution < 1.29 is 23.1 Å². The average molecular weight is 319 g/mol. The Balaban J connectivity index is 2.24. The number of carboxylic acid groups (broad SMARTS) is 1. The monoisotopic (exact) mass is 319 g/mol. The van der Waals surface area contributed by atoms with Crippen LogP contribution in [0.1, 0.15) is 16.9 Å². The maximum absolute atomic E-state index is 12.2. The Morgan fingerprint density at radius 3 is 2.70 bits per heavy atom. The van der Waals surface area contributed by atoms with E-state index in [0.717, 1.165) is 16.2 Å². The fourth-order valence-corrected chi connectivity index (χ4v) is 4.33. The smallest absolute Gasteiger partial charge is 0.323 e. The van der Waals surface area contributed by atoms with Gasteiger partial charge in [-0.05, 0) is 6.42 Å². The highest BCUT2D eigenvalue weighted by molar-refractivity contribution is 7.91. The SMILES string of the molecule is Nc1nc(C(=O)N(CC(=O)O)C2CCS(=O)(=O)C2)cs1. The normalized spacial score (nSPS) is 20.7. The Hall–Kier alpha value is -1.68. The predicted octanol–water partition coefficient (Wildman–Crippen LogP) is -0.561. The van der Waals surface area contributed by atoms with E-state index in [9.17, 15) is 18.0 Å². The number of sulfone groups is 1. The molecule has 0 aromatic carbocycles. The summed E-state index contributed by atoms with van der Waals surface area (Å²) in [6.07, 6.45) is 0.237. The summed E-state index contributed by atoms with van der Waals surface area (Å²) in [6.45, 7) is -0.559. The number of aliphatic carboxylic acids is 1. The van der Waals surface area contributed by atoms with Crippen LogP contribution in [0.5, 0.6) is 0 Å². The van der Waals surface area contributed by atoms with Gasteiger partial charge in [0, 0.05) is 11.4 Å². The first-order chi connectivity index (χ1) is 9.28.